The molecule has 3 aromatic rings. The van der Waals surface area contributed by atoms with Crippen LogP contribution in [0.1, 0.15) is 41.7 Å². The van der Waals surface area contributed by atoms with Gasteiger partial charge in [-0.3, -0.25) is 4.79 Å². The molecule has 7 nitrogen and oxygen atoms in total. The van der Waals surface area contributed by atoms with E-state index in [1.165, 1.54) is 10.4 Å². The van der Waals surface area contributed by atoms with Crippen LogP contribution in [0.15, 0.2) is 72.1 Å². The van der Waals surface area contributed by atoms with Crippen molar-refractivity contribution in [3.8, 4) is 5.69 Å². The number of nitrogens with zero attached hydrogens (tertiary/aromatic N) is 3. The van der Waals surface area contributed by atoms with Gasteiger partial charge in [0.1, 0.15) is 0 Å². The predicted molar refractivity (Wildman–Crippen MR) is 114 cm³/mol. The highest BCUT2D eigenvalue weighted by molar-refractivity contribution is 7.89. The number of hydrogen-bond acceptors (Lipinski definition) is 4. The number of nitrogens with one attached hydrogen (secondary N) is 1. The van der Waals surface area contributed by atoms with Gasteiger partial charge in [-0.25, -0.2) is 13.4 Å². The lowest BCUT2D eigenvalue weighted by Gasteiger charge is -2.17. The Labute approximate surface area is 176 Å². The first-order chi connectivity index (χ1) is 14.4. The summed E-state index contributed by atoms with van der Waals surface area (Å²) in [5.74, 6) is -0.306. The number of rotatable bonds is 6. The Bertz CT molecular complexity index is 1120. The normalized spacial score (nSPS) is 15.8. The van der Waals surface area contributed by atoms with Crippen molar-refractivity contribution in [3.05, 3.63) is 78.4 Å². The maximum absolute atomic E-state index is 12.8. The second-order valence-corrected chi connectivity index (χ2v) is 9.33. The van der Waals surface area contributed by atoms with Gasteiger partial charge in [0, 0.05) is 36.7 Å². The van der Waals surface area contributed by atoms with Crippen LogP contribution in [0.5, 0.6) is 0 Å². The molecule has 0 saturated carbocycles. The molecule has 2 heterocycles. The number of imidazole rings is 1. The van der Waals surface area contributed by atoms with Crippen LogP contribution < -0.4 is 5.32 Å². The molecule has 0 spiro atoms. The van der Waals surface area contributed by atoms with Gasteiger partial charge in [0.05, 0.1) is 17.3 Å². The van der Waals surface area contributed by atoms with Crippen LogP contribution in [0, 0.1) is 0 Å². The van der Waals surface area contributed by atoms with Crippen molar-refractivity contribution in [3.63, 3.8) is 0 Å². The molecular weight excluding hydrogens is 400 g/mol. The Morgan fingerprint density at radius 2 is 1.83 bits per heavy atom. The Hall–Kier alpha value is -2.97. The quantitative estimate of drug-likeness (QED) is 0.659. The lowest BCUT2D eigenvalue weighted by atomic mass is 10.1. The molecule has 1 atom stereocenters. The van der Waals surface area contributed by atoms with Crippen molar-refractivity contribution in [1.29, 1.82) is 0 Å². The number of benzene rings is 2. The molecule has 1 aliphatic rings. The molecule has 1 N–H and O–H groups in total. The summed E-state index contributed by atoms with van der Waals surface area (Å²) in [4.78, 5) is 17.0. The van der Waals surface area contributed by atoms with Crippen LogP contribution in [-0.2, 0) is 10.0 Å². The lowest BCUT2D eigenvalue weighted by Crippen LogP contribution is -2.29. The molecule has 156 valence electrons. The number of carbonyl (C=O) groups excluding carboxylic acids is 1. The van der Waals surface area contributed by atoms with Crippen LogP contribution in [0.3, 0.4) is 0 Å². The first kappa shape index (κ1) is 20.3. The second kappa shape index (κ2) is 8.41. The fraction of sp³-hybridized carbons (Fsp3) is 0.273. The van der Waals surface area contributed by atoms with Gasteiger partial charge < -0.3 is 9.88 Å². The molecule has 1 aromatic heterocycles. The zero-order chi connectivity index (χ0) is 21.1. The predicted octanol–water partition coefficient (Wildman–Crippen LogP) is 3.15. The van der Waals surface area contributed by atoms with Gasteiger partial charge in [-0.05, 0) is 55.7 Å². The summed E-state index contributed by atoms with van der Waals surface area (Å²) in [6.45, 7) is 2.96. The SMILES string of the molecule is C[C@@H](NC(=O)c1cccc(S(=O)(=O)N2CCCC2)c1)c1ccc(-n2ccnc2)cc1. The maximum Gasteiger partial charge on any atom is 0.251 e. The highest BCUT2D eigenvalue weighted by Gasteiger charge is 2.27. The van der Waals surface area contributed by atoms with Crippen molar-refractivity contribution in [2.24, 2.45) is 0 Å². The molecule has 0 unspecified atom stereocenters. The van der Waals surface area contributed by atoms with E-state index in [-0.39, 0.29) is 16.8 Å². The van der Waals surface area contributed by atoms with E-state index < -0.39 is 10.0 Å². The molecule has 0 bridgehead atoms. The van der Waals surface area contributed by atoms with E-state index >= 15 is 0 Å². The fourth-order valence-electron chi connectivity index (χ4n) is 3.59. The molecule has 1 amide bonds. The summed E-state index contributed by atoms with van der Waals surface area (Å²) in [5.41, 5.74) is 2.26. The standard InChI is InChI=1S/C22H24N4O3S/c1-17(18-7-9-20(10-8-18)25-14-11-23-16-25)24-22(27)19-5-4-6-21(15-19)30(28,29)26-12-2-3-13-26/h4-11,14-17H,2-3,12-13H2,1H3,(H,24,27)/t17-/m1/s1. The van der Waals surface area contributed by atoms with Gasteiger partial charge in [0.2, 0.25) is 10.0 Å². The van der Waals surface area contributed by atoms with E-state index in [4.69, 9.17) is 0 Å². The second-order valence-electron chi connectivity index (χ2n) is 7.40. The van der Waals surface area contributed by atoms with Crippen molar-refractivity contribution >= 4 is 15.9 Å². The monoisotopic (exact) mass is 424 g/mol. The molecule has 8 heteroatoms. The number of aromatic nitrogens is 2. The summed E-state index contributed by atoms with van der Waals surface area (Å²) < 4.78 is 28.9. The van der Waals surface area contributed by atoms with E-state index in [0.717, 1.165) is 24.1 Å². The zero-order valence-corrected chi connectivity index (χ0v) is 17.5. The summed E-state index contributed by atoms with van der Waals surface area (Å²) in [6, 6.07) is 13.8. The maximum atomic E-state index is 12.8. The first-order valence-corrected chi connectivity index (χ1v) is 11.4. The molecule has 1 aliphatic heterocycles. The van der Waals surface area contributed by atoms with Gasteiger partial charge >= 0.3 is 0 Å². The topological polar surface area (TPSA) is 84.3 Å². The molecule has 0 radical (unpaired) electrons. The number of carbonyl (C=O) groups is 1. The summed E-state index contributed by atoms with van der Waals surface area (Å²) >= 11 is 0. The minimum Gasteiger partial charge on any atom is -0.346 e. The van der Waals surface area contributed by atoms with E-state index in [1.807, 2.05) is 42.0 Å². The Balaban J connectivity index is 1.47. The summed E-state index contributed by atoms with van der Waals surface area (Å²) in [7, 11) is -3.56. The first-order valence-electron chi connectivity index (χ1n) is 9.94. The molecule has 30 heavy (non-hydrogen) atoms. The highest BCUT2D eigenvalue weighted by Crippen LogP contribution is 2.22. The van der Waals surface area contributed by atoms with Crippen molar-refractivity contribution < 1.29 is 13.2 Å². The van der Waals surface area contributed by atoms with Crippen LogP contribution in [0.25, 0.3) is 5.69 Å². The third-order valence-corrected chi connectivity index (χ3v) is 7.24. The third-order valence-electron chi connectivity index (χ3n) is 5.34. The van der Waals surface area contributed by atoms with E-state index in [2.05, 4.69) is 10.3 Å². The summed E-state index contributed by atoms with van der Waals surface area (Å²) in [5, 5.41) is 2.95. The molecule has 4 rings (SSSR count). The largest absolute Gasteiger partial charge is 0.346 e. The van der Waals surface area contributed by atoms with Crippen LogP contribution >= 0.6 is 0 Å². The molecule has 2 aromatic carbocycles. The molecule has 1 saturated heterocycles. The highest BCUT2D eigenvalue weighted by atomic mass is 32.2. The number of hydrogen-bond donors (Lipinski definition) is 1. The van der Waals surface area contributed by atoms with Gasteiger partial charge in [-0.2, -0.15) is 4.31 Å². The van der Waals surface area contributed by atoms with Crippen molar-refractivity contribution in [2.75, 3.05) is 13.1 Å². The Morgan fingerprint density at radius 3 is 2.50 bits per heavy atom. The molecule has 1 fully saturated rings. The summed E-state index contributed by atoms with van der Waals surface area (Å²) in [6.07, 6.45) is 7.05. The van der Waals surface area contributed by atoms with E-state index in [9.17, 15) is 13.2 Å². The Kier molecular flexibility index (Phi) is 5.69. The van der Waals surface area contributed by atoms with Crippen molar-refractivity contribution in [2.45, 2.75) is 30.7 Å². The van der Waals surface area contributed by atoms with Gasteiger partial charge in [0.15, 0.2) is 0 Å². The molecular formula is C22H24N4O3S. The number of sulfonamides is 1. The third kappa shape index (κ3) is 4.15. The minimum atomic E-state index is -3.56. The van der Waals surface area contributed by atoms with Gasteiger partial charge in [-0.15, -0.1) is 0 Å². The van der Waals surface area contributed by atoms with E-state index in [1.54, 1.807) is 30.7 Å². The fourth-order valence-corrected chi connectivity index (χ4v) is 5.15. The van der Waals surface area contributed by atoms with Gasteiger partial charge in [-0.1, -0.05) is 18.2 Å². The van der Waals surface area contributed by atoms with Crippen LogP contribution in [-0.4, -0.2) is 41.3 Å². The molecule has 0 aliphatic carbocycles. The van der Waals surface area contributed by atoms with Crippen LogP contribution in [0.2, 0.25) is 0 Å². The average Bonchev–Trinajstić information content (AvgIpc) is 3.48. The Morgan fingerprint density at radius 1 is 1.10 bits per heavy atom. The van der Waals surface area contributed by atoms with Crippen molar-refractivity contribution in [1.82, 2.24) is 19.2 Å². The minimum absolute atomic E-state index is 0.161. The lowest BCUT2D eigenvalue weighted by molar-refractivity contribution is 0.0939. The van der Waals surface area contributed by atoms with E-state index in [0.29, 0.717) is 18.7 Å². The van der Waals surface area contributed by atoms with Crippen LogP contribution in [0.4, 0.5) is 0 Å². The smallest absolute Gasteiger partial charge is 0.251 e. The number of amides is 1. The zero-order valence-electron chi connectivity index (χ0n) is 16.7. The average molecular weight is 425 g/mol. The van der Waals surface area contributed by atoms with Gasteiger partial charge in [0.25, 0.3) is 5.91 Å².